The van der Waals surface area contributed by atoms with Gasteiger partial charge in [0.2, 0.25) is 0 Å². The number of hydrogen-bond acceptors (Lipinski definition) is 5. The highest BCUT2D eigenvalue weighted by Crippen LogP contribution is 2.31. The van der Waals surface area contributed by atoms with Crippen molar-refractivity contribution in [2.24, 2.45) is 5.10 Å². The first-order valence-electron chi connectivity index (χ1n) is 11.4. The second kappa shape index (κ2) is 9.95. The van der Waals surface area contributed by atoms with Crippen LogP contribution in [0.25, 0.3) is 0 Å². The summed E-state index contributed by atoms with van der Waals surface area (Å²) >= 11 is 0. The van der Waals surface area contributed by atoms with Crippen molar-refractivity contribution >= 4 is 23.2 Å². The molecule has 3 aromatic rings. The van der Waals surface area contributed by atoms with Crippen molar-refractivity contribution in [1.29, 1.82) is 0 Å². The maximum Gasteiger partial charge on any atom is 0.294 e. The minimum atomic E-state index is -0.309. The molecule has 2 amide bonds. The first-order valence-corrected chi connectivity index (χ1v) is 11.4. The third-order valence-electron chi connectivity index (χ3n) is 6.04. The van der Waals surface area contributed by atoms with Gasteiger partial charge >= 0.3 is 0 Å². The van der Waals surface area contributed by atoms with Crippen LogP contribution in [0.15, 0.2) is 58.0 Å². The van der Waals surface area contributed by atoms with Gasteiger partial charge in [0.05, 0.1) is 12.8 Å². The molecule has 0 fully saturated rings. The number of amides is 2. The van der Waals surface area contributed by atoms with Gasteiger partial charge in [0.1, 0.15) is 11.5 Å². The third-order valence-corrected chi connectivity index (χ3v) is 6.04. The first kappa shape index (κ1) is 23.3. The molecular formula is C27H29N3O4. The van der Waals surface area contributed by atoms with Crippen molar-refractivity contribution in [3.05, 3.63) is 82.3 Å². The lowest BCUT2D eigenvalue weighted by Crippen LogP contribution is -2.31. The number of anilines is 1. The molecule has 34 heavy (non-hydrogen) atoms. The number of benzene rings is 2. The van der Waals surface area contributed by atoms with E-state index in [1.165, 1.54) is 0 Å². The molecule has 7 heteroatoms. The number of hydrogen-bond donors (Lipinski definition) is 1. The molecule has 1 N–H and O–H groups in total. The fourth-order valence-corrected chi connectivity index (χ4v) is 4.27. The molecule has 0 unspecified atom stereocenters. The first-order chi connectivity index (χ1) is 16.4. The number of rotatable bonds is 6. The largest absolute Gasteiger partial charge is 0.497 e. The fraction of sp³-hybridized carbons (Fsp3) is 0.296. The molecule has 1 heterocycles. The molecule has 0 radical (unpaired) electrons. The van der Waals surface area contributed by atoms with E-state index in [1.807, 2.05) is 45.0 Å². The van der Waals surface area contributed by atoms with Crippen molar-refractivity contribution in [2.45, 2.75) is 40.0 Å². The Labute approximate surface area is 199 Å². The summed E-state index contributed by atoms with van der Waals surface area (Å²) in [6.07, 6.45) is 2.25. The Bertz CT molecular complexity index is 1240. The predicted molar refractivity (Wildman–Crippen MR) is 132 cm³/mol. The molecular weight excluding hydrogens is 430 g/mol. The predicted octanol–water partition coefficient (Wildman–Crippen LogP) is 5.04. The molecule has 0 atom stereocenters. The van der Waals surface area contributed by atoms with Crippen molar-refractivity contribution in [2.75, 3.05) is 18.6 Å². The molecule has 0 spiro atoms. The van der Waals surface area contributed by atoms with Crippen LogP contribution < -0.4 is 15.1 Å². The van der Waals surface area contributed by atoms with Gasteiger partial charge in [-0.25, -0.2) is 5.43 Å². The van der Waals surface area contributed by atoms with E-state index in [2.05, 4.69) is 10.5 Å². The number of furan rings is 1. The smallest absolute Gasteiger partial charge is 0.294 e. The van der Waals surface area contributed by atoms with Crippen LogP contribution in [0.4, 0.5) is 5.69 Å². The Hall–Kier alpha value is -3.87. The van der Waals surface area contributed by atoms with Gasteiger partial charge in [-0.1, -0.05) is 12.1 Å². The average molecular weight is 460 g/mol. The summed E-state index contributed by atoms with van der Waals surface area (Å²) in [6, 6.07) is 14.7. The third kappa shape index (κ3) is 4.59. The van der Waals surface area contributed by atoms with E-state index < -0.39 is 0 Å². The van der Waals surface area contributed by atoms with Gasteiger partial charge in [-0.2, -0.15) is 5.10 Å². The number of carbonyl (C=O) groups excluding carboxylic acids is 2. The van der Waals surface area contributed by atoms with Crippen LogP contribution in [0.5, 0.6) is 5.75 Å². The molecule has 1 aromatic heterocycles. The Morgan fingerprint density at radius 2 is 1.88 bits per heavy atom. The molecule has 2 aromatic carbocycles. The Morgan fingerprint density at radius 1 is 1.12 bits per heavy atom. The van der Waals surface area contributed by atoms with Crippen LogP contribution in [-0.4, -0.2) is 31.2 Å². The van der Waals surface area contributed by atoms with E-state index in [4.69, 9.17) is 9.15 Å². The maximum atomic E-state index is 13.4. The summed E-state index contributed by atoms with van der Waals surface area (Å²) in [5, 5.41) is 4.41. The van der Waals surface area contributed by atoms with Crippen LogP contribution in [0.1, 0.15) is 63.1 Å². The maximum absolute atomic E-state index is 13.4. The highest BCUT2D eigenvalue weighted by Gasteiger charge is 2.30. The zero-order chi connectivity index (χ0) is 24.2. The lowest BCUT2D eigenvalue weighted by Gasteiger charge is -2.20. The molecule has 0 aliphatic heterocycles. The highest BCUT2D eigenvalue weighted by atomic mass is 16.5. The summed E-state index contributed by atoms with van der Waals surface area (Å²) in [5.74, 6) is 1.25. The van der Waals surface area contributed by atoms with Crippen LogP contribution in [0.3, 0.4) is 0 Å². The van der Waals surface area contributed by atoms with E-state index in [-0.39, 0.29) is 11.8 Å². The molecule has 0 saturated heterocycles. The molecule has 7 nitrogen and oxygen atoms in total. The Balaban J connectivity index is 1.60. The van der Waals surface area contributed by atoms with Crippen molar-refractivity contribution in [3.8, 4) is 5.75 Å². The fourth-order valence-electron chi connectivity index (χ4n) is 4.27. The van der Waals surface area contributed by atoms with Crippen LogP contribution in [-0.2, 0) is 6.42 Å². The number of hydrazone groups is 1. The van der Waals surface area contributed by atoms with Gasteiger partial charge < -0.3 is 14.1 Å². The van der Waals surface area contributed by atoms with E-state index in [9.17, 15) is 9.59 Å². The zero-order valence-corrected chi connectivity index (χ0v) is 20.0. The van der Waals surface area contributed by atoms with Gasteiger partial charge in [-0.3, -0.25) is 9.59 Å². The van der Waals surface area contributed by atoms with Crippen LogP contribution in [0, 0.1) is 13.8 Å². The minimum absolute atomic E-state index is 0.179. The summed E-state index contributed by atoms with van der Waals surface area (Å²) in [5.41, 5.74) is 7.35. The quantitative estimate of drug-likeness (QED) is 0.523. The van der Waals surface area contributed by atoms with Gasteiger partial charge in [0.25, 0.3) is 11.8 Å². The Morgan fingerprint density at radius 3 is 2.56 bits per heavy atom. The van der Waals surface area contributed by atoms with Gasteiger partial charge in [-0.15, -0.1) is 0 Å². The number of carbonyl (C=O) groups is 2. The average Bonchev–Trinajstić information content (AvgIpc) is 3.20. The van der Waals surface area contributed by atoms with Gasteiger partial charge in [0.15, 0.2) is 5.76 Å². The van der Waals surface area contributed by atoms with E-state index in [1.54, 1.807) is 36.3 Å². The lowest BCUT2D eigenvalue weighted by atomic mass is 9.93. The summed E-state index contributed by atoms with van der Waals surface area (Å²) < 4.78 is 11.2. The summed E-state index contributed by atoms with van der Waals surface area (Å²) in [7, 11) is 1.58. The second-order valence-electron chi connectivity index (χ2n) is 8.32. The SMILES string of the molecule is CCN(C(=O)c1oc2c(c1C)/C(=N/NC(=O)c1ccc(OC)cc1)CCC2)c1cccc(C)c1. The Kier molecular flexibility index (Phi) is 6.82. The molecule has 0 saturated carbocycles. The van der Waals surface area contributed by atoms with Gasteiger partial charge in [0, 0.05) is 35.3 Å². The number of nitrogens with one attached hydrogen (secondary N) is 1. The number of methoxy groups -OCH3 is 1. The second-order valence-corrected chi connectivity index (χ2v) is 8.32. The zero-order valence-electron chi connectivity index (χ0n) is 20.0. The van der Waals surface area contributed by atoms with Crippen LogP contribution in [0.2, 0.25) is 0 Å². The number of ether oxygens (including phenoxy) is 1. The number of nitrogens with zero attached hydrogens (tertiary/aromatic N) is 2. The topological polar surface area (TPSA) is 84.1 Å². The summed E-state index contributed by atoms with van der Waals surface area (Å²) in [4.78, 5) is 27.7. The number of fused-ring (bicyclic) bond motifs is 1. The van der Waals surface area contributed by atoms with Crippen LogP contribution >= 0.6 is 0 Å². The van der Waals surface area contributed by atoms with Crippen molar-refractivity contribution in [3.63, 3.8) is 0 Å². The lowest BCUT2D eigenvalue weighted by molar-refractivity contribution is 0.0949. The van der Waals surface area contributed by atoms with Crippen molar-refractivity contribution < 1.29 is 18.7 Å². The molecule has 4 rings (SSSR count). The normalized spacial score (nSPS) is 13.9. The van der Waals surface area contributed by atoms with E-state index in [0.29, 0.717) is 30.0 Å². The highest BCUT2D eigenvalue weighted by molar-refractivity contribution is 6.10. The summed E-state index contributed by atoms with van der Waals surface area (Å²) in [6.45, 7) is 6.35. The molecule has 1 aliphatic carbocycles. The molecule has 176 valence electrons. The molecule has 0 bridgehead atoms. The molecule has 1 aliphatic rings. The number of aryl methyl sites for hydroxylation is 2. The standard InChI is InChI=1S/C27H29N3O4/c1-5-30(20-9-6-8-17(2)16-20)27(32)25-18(3)24-22(10-7-11-23(24)34-25)28-29-26(31)19-12-14-21(33-4)15-13-19/h6,8-9,12-16H,5,7,10-11H2,1-4H3,(H,29,31)/b28-22+. The van der Waals surface area contributed by atoms with Gasteiger partial charge in [-0.05, 0) is 75.6 Å². The minimum Gasteiger partial charge on any atom is -0.497 e. The van der Waals surface area contributed by atoms with E-state index >= 15 is 0 Å². The van der Waals surface area contributed by atoms with E-state index in [0.717, 1.165) is 46.7 Å². The van der Waals surface area contributed by atoms with Crippen molar-refractivity contribution in [1.82, 2.24) is 5.43 Å². The monoisotopic (exact) mass is 459 g/mol.